The molecule has 0 amide bonds. The first-order valence-electron chi connectivity index (χ1n) is 2.61. The van der Waals surface area contributed by atoms with Crippen LogP contribution in [0.5, 0.6) is 0 Å². The van der Waals surface area contributed by atoms with Gasteiger partial charge in [-0.2, -0.15) is 0 Å². The lowest BCUT2D eigenvalue weighted by molar-refractivity contribution is 0.935. The van der Waals surface area contributed by atoms with Gasteiger partial charge in [0.1, 0.15) is 0 Å². The van der Waals surface area contributed by atoms with Crippen molar-refractivity contribution in [3.63, 3.8) is 0 Å². The second-order valence-corrected chi connectivity index (χ2v) is 1.60. The normalized spacial score (nSPS) is 7.70. The van der Waals surface area contributed by atoms with E-state index in [1.165, 1.54) is 0 Å². The molecule has 60 valence electrons. The number of hydrogen-bond donors (Lipinski definition) is 4. The number of aromatic nitrogens is 2. The molecule has 9 N–H and O–H groups in total. The van der Waals surface area contributed by atoms with Gasteiger partial charge in [-0.1, -0.05) is 0 Å². The largest absolute Gasteiger partial charge is 0.351 e. The molecule has 0 fully saturated rings. The van der Waals surface area contributed by atoms with Crippen molar-refractivity contribution in [1.29, 1.82) is 0 Å². The molecular weight excluding hydrogens is 130 g/mol. The van der Waals surface area contributed by atoms with E-state index in [1.807, 2.05) is 6.20 Å². The van der Waals surface area contributed by atoms with Gasteiger partial charge in [-0.25, -0.2) is 4.98 Å². The zero-order valence-electron chi connectivity index (χ0n) is 6.01. The summed E-state index contributed by atoms with van der Waals surface area (Å²) in [5, 5.41) is 0. The Bertz CT molecular complexity index is 136. The molecule has 0 aliphatic rings. The fourth-order valence-corrected chi connectivity index (χ4v) is 0.576. The minimum absolute atomic E-state index is 0. The molecule has 5 nitrogen and oxygen atoms in total. The maximum atomic E-state index is 5.27. The summed E-state index contributed by atoms with van der Waals surface area (Å²) < 4.78 is 0. The highest BCUT2D eigenvalue weighted by Gasteiger charge is 1.87. The van der Waals surface area contributed by atoms with Gasteiger partial charge >= 0.3 is 0 Å². The van der Waals surface area contributed by atoms with Crippen LogP contribution in [0, 0.1) is 0 Å². The average molecular weight is 145 g/mol. The number of nitrogens with zero attached hydrogens (tertiary/aromatic N) is 1. The minimum atomic E-state index is 0. The molecule has 0 atom stereocenters. The lowest BCUT2D eigenvalue weighted by Crippen LogP contribution is -2.02. The Morgan fingerprint density at radius 2 is 2.20 bits per heavy atom. The van der Waals surface area contributed by atoms with Crippen molar-refractivity contribution in [3.8, 4) is 0 Å². The Hall–Kier alpha value is -0.910. The molecule has 0 saturated heterocycles. The van der Waals surface area contributed by atoms with E-state index in [9.17, 15) is 0 Å². The van der Waals surface area contributed by atoms with Crippen molar-refractivity contribution in [2.75, 3.05) is 6.54 Å². The summed E-state index contributed by atoms with van der Waals surface area (Å²) in [4.78, 5) is 6.82. The lowest BCUT2D eigenvalue weighted by Gasteiger charge is -1.85. The summed E-state index contributed by atoms with van der Waals surface area (Å²) in [7, 11) is 0. The quantitative estimate of drug-likeness (QED) is 0.475. The van der Waals surface area contributed by atoms with Gasteiger partial charge in [0.25, 0.3) is 0 Å². The van der Waals surface area contributed by atoms with Crippen LogP contribution in [0.2, 0.25) is 0 Å². The second kappa shape index (κ2) is 6.21. The number of nitrogens with one attached hydrogen (secondary N) is 1. The van der Waals surface area contributed by atoms with Crippen molar-refractivity contribution >= 4 is 0 Å². The van der Waals surface area contributed by atoms with Crippen molar-refractivity contribution < 1.29 is 0 Å². The number of H-pyrrole nitrogens is 1. The first-order valence-corrected chi connectivity index (χ1v) is 2.61. The molecule has 0 aromatic carbocycles. The van der Waals surface area contributed by atoms with E-state index in [4.69, 9.17) is 5.73 Å². The third kappa shape index (κ3) is 3.18. The second-order valence-electron chi connectivity index (χ2n) is 1.60. The third-order valence-corrected chi connectivity index (χ3v) is 0.955. The fourth-order valence-electron chi connectivity index (χ4n) is 0.576. The molecule has 1 rings (SSSR count). The van der Waals surface area contributed by atoms with Crippen LogP contribution in [0.15, 0.2) is 12.5 Å². The molecular formula is C5H15N5. The molecule has 5 heteroatoms. The highest BCUT2D eigenvalue weighted by Crippen LogP contribution is 1.88. The van der Waals surface area contributed by atoms with E-state index in [0.29, 0.717) is 6.54 Å². The zero-order valence-corrected chi connectivity index (χ0v) is 6.01. The summed E-state index contributed by atoms with van der Waals surface area (Å²) in [5.41, 5.74) is 6.30. The van der Waals surface area contributed by atoms with Gasteiger partial charge in [-0.3, -0.25) is 0 Å². The zero-order chi connectivity index (χ0) is 5.82. The van der Waals surface area contributed by atoms with Gasteiger partial charge < -0.3 is 23.0 Å². The number of aromatic amines is 1. The molecule has 0 unspecified atom stereocenters. The molecule has 0 saturated carbocycles. The van der Waals surface area contributed by atoms with Crippen molar-refractivity contribution in [2.45, 2.75) is 6.42 Å². The highest BCUT2D eigenvalue weighted by molar-refractivity contribution is 4.93. The standard InChI is InChI=1S/C5H9N3.2H3N/c6-2-1-5-3-7-4-8-5;;/h3-4H,1-2,6H2,(H,7,8);2*1H3. The lowest BCUT2D eigenvalue weighted by atomic mass is 10.3. The van der Waals surface area contributed by atoms with Crippen molar-refractivity contribution in [1.82, 2.24) is 22.3 Å². The summed E-state index contributed by atoms with van der Waals surface area (Å²) in [6.07, 6.45) is 4.38. The van der Waals surface area contributed by atoms with Gasteiger partial charge in [-0.15, -0.1) is 0 Å². The Morgan fingerprint density at radius 1 is 1.50 bits per heavy atom. The van der Waals surface area contributed by atoms with E-state index in [1.54, 1.807) is 6.33 Å². The Balaban J connectivity index is 0. The number of rotatable bonds is 2. The van der Waals surface area contributed by atoms with Crippen molar-refractivity contribution in [2.24, 2.45) is 5.73 Å². The molecule has 0 bridgehead atoms. The van der Waals surface area contributed by atoms with Crippen LogP contribution >= 0.6 is 0 Å². The van der Waals surface area contributed by atoms with E-state index in [-0.39, 0.29) is 12.3 Å². The van der Waals surface area contributed by atoms with Gasteiger partial charge in [-0.05, 0) is 6.54 Å². The summed E-state index contributed by atoms with van der Waals surface area (Å²) >= 11 is 0. The molecule has 1 aromatic rings. The number of hydrogen-bond acceptors (Lipinski definition) is 4. The van der Waals surface area contributed by atoms with Gasteiger partial charge in [0.05, 0.1) is 12.0 Å². The number of nitrogens with two attached hydrogens (primary N) is 1. The molecule has 0 aliphatic carbocycles. The SMILES string of the molecule is N.N.NCCc1c[nH]cn1. The maximum absolute atomic E-state index is 5.27. The van der Waals surface area contributed by atoms with Crippen LogP contribution in [0.4, 0.5) is 0 Å². The molecule has 0 radical (unpaired) electrons. The maximum Gasteiger partial charge on any atom is 0.0923 e. The molecule has 1 aromatic heterocycles. The summed E-state index contributed by atoms with van der Waals surface area (Å²) in [6, 6.07) is 0. The fraction of sp³-hybridized carbons (Fsp3) is 0.400. The van der Waals surface area contributed by atoms with Crippen LogP contribution in [0.3, 0.4) is 0 Å². The number of imidazole rings is 1. The van der Waals surface area contributed by atoms with Crippen LogP contribution in [-0.4, -0.2) is 16.5 Å². The van der Waals surface area contributed by atoms with Crippen molar-refractivity contribution in [3.05, 3.63) is 18.2 Å². The van der Waals surface area contributed by atoms with E-state index < -0.39 is 0 Å². The predicted molar refractivity (Wildman–Crippen MR) is 41.4 cm³/mol. The van der Waals surface area contributed by atoms with Gasteiger partial charge in [0.15, 0.2) is 0 Å². The Morgan fingerprint density at radius 3 is 2.60 bits per heavy atom. The first-order chi connectivity index (χ1) is 3.93. The summed E-state index contributed by atoms with van der Waals surface area (Å²) in [5.74, 6) is 0. The Labute approximate surface area is 60.2 Å². The van der Waals surface area contributed by atoms with E-state index in [2.05, 4.69) is 9.97 Å². The van der Waals surface area contributed by atoms with E-state index >= 15 is 0 Å². The van der Waals surface area contributed by atoms with Crippen LogP contribution in [0.25, 0.3) is 0 Å². The summed E-state index contributed by atoms with van der Waals surface area (Å²) in [6.45, 7) is 0.671. The smallest absolute Gasteiger partial charge is 0.0923 e. The molecule has 0 aliphatic heterocycles. The average Bonchev–Trinajstić information content (AvgIpc) is 2.19. The highest BCUT2D eigenvalue weighted by atomic mass is 14.9. The van der Waals surface area contributed by atoms with Gasteiger partial charge in [0, 0.05) is 12.6 Å². The van der Waals surface area contributed by atoms with Gasteiger partial charge in [0.2, 0.25) is 0 Å². The first kappa shape index (κ1) is 11.8. The molecule has 1 heterocycles. The molecule has 0 spiro atoms. The molecule has 10 heavy (non-hydrogen) atoms. The topological polar surface area (TPSA) is 125 Å². The van der Waals surface area contributed by atoms with Crippen LogP contribution < -0.4 is 18.0 Å². The third-order valence-electron chi connectivity index (χ3n) is 0.955. The predicted octanol–water partition coefficient (Wildman–Crippen LogP) is 0.235. The van der Waals surface area contributed by atoms with Crippen LogP contribution in [0.1, 0.15) is 5.69 Å². The van der Waals surface area contributed by atoms with Crippen LogP contribution in [-0.2, 0) is 6.42 Å². The Kier molecular flexibility index (Phi) is 7.35. The minimum Gasteiger partial charge on any atom is -0.351 e. The monoisotopic (exact) mass is 145 g/mol. The van der Waals surface area contributed by atoms with E-state index in [0.717, 1.165) is 12.1 Å².